The third-order valence-electron chi connectivity index (χ3n) is 2.77. The fourth-order valence-electron chi connectivity index (χ4n) is 1.97. The van der Waals surface area contributed by atoms with Crippen molar-refractivity contribution in [1.29, 1.82) is 0 Å². The number of pyridine rings is 1. The van der Waals surface area contributed by atoms with E-state index in [0.717, 1.165) is 5.56 Å². The standard InChI is InChI=1S/C12H11N5O/c1-7-10-12(18)15-11(9-4-3-5-13-6-9)16-17(10)8(2)14-7/h3-6H,1-2H3,(H,15,16,18). The Bertz CT molecular complexity index is 772. The Hall–Kier alpha value is -2.50. The molecule has 3 aromatic heterocycles. The number of hydrogen-bond donors (Lipinski definition) is 1. The van der Waals surface area contributed by atoms with Crippen LogP contribution in [0, 0.1) is 13.8 Å². The molecule has 0 saturated heterocycles. The fraction of sp³-hybridized carbons (Fsp3) is 0.167. The summed E-state index contributed by atoms with van der Waals surface area (Å²) < 4.78 is 1.57. The lowest BCUT2D eigenvalue weighted by Crippen LogP contribution is -2.14. The van der Waals surface area contributed by atoms with Gasteiger partial charge < -0.3 is 4.98 Å². The average molecular weight is 241 g/mol. The predicted molar refractivity (Wildman–Crippen MR) is 66.3 cm³/mol. The first kappa shape index (κ1) is 10.6. The second kappa shape index (κ2) is 3.76. The van der Waals surface area contributed by atoms with Crippen molar-refractivity contribution in [2.24, 2.45) is 0 Å². The van der Waals surface area contributed by atoms with E-state index in [1.54, 1.807) is 29.9 Å². The van der Waals surface area contributed by atoms with Crippen molar-refractivity contribution in [3.8, 4) is 11.4 Å². The van der Waals surface area contributed by atoms with Crippen LogP contribution in [-0.2, 0) is 0 Å². The molecule has 0 spiro atoms. The molecule has 0 unspecified atom stereocenters. The zero-order valence-electron chi connectivity index (χ0n) is 10.0. The van der Waals surface area contributed by atoms with Crippen LogP contribution in [0.3, 0.4) is 0 Å². The largest absolute Gasteiger partial charge is 0.303 e. The number of aromatic nitrogens is 5. The number of rotatable bonds is 1. The second-order valence-corrected chi connectivity index (χ2v) is 4.05. The van der Waals surface area contributed by atoms with Crippen LogP contribution in [0.5, 0.6) is 0 Å². The van der Waals surface area contributed by atoms with Crippen LogP contribution in [0.1, 0.15) is 11.5 Å². The number of aromatic amines is 1. The predicted octanol–water partition coefficient (Wildman–Crippen LogP) is 1.10. The summed E-state index contributed by atoms with van der Waals surface area (Å²) in [5.41, 5.74) is 1.74. The van der Waals surface area contributed by atoms with E-state index in [4.69, 9.17) is 0 Å². The SMILES string of the molecule is Cc1nc(C)n2nc(-c3cccnc3)[nH]c(=O)c12. The highest BCUT2D eigenvalue weighted by Crippen LogP contribution is 2.12. The van der Waals surface area contributed by atoms with E-state index in [9.17, 15) is 4.79 Å². The Kier molecular flexibility index (Phi) is 2.22. The summed E-state index contributed by atoms with van der Waals surface area (Å²) in [6.07, 6.45) is 3.33. The first-order valence-electron chi connectivity index (χ1n) is 5.53. The molecule has 0 aliphatic carbocycles. The van der Waals surface area contributed by atoms with Gasteiger partial charge in [0.25, 0.3) is 5.56 Å². The quantitative estimate of drug-likeness (QED) is 0.692. The van der Waals surface area contributed by atoms with E-state index < -0.39 is 0 Å². The lowest BCUT2D eigenvalue weighted by Gasteiger charge is -2.01. The Morgan fingerprint density at radius 3 is 2.89 bits per heavy atom. The second-order valence-electron chi connectivity index (χ2n) is 4.05. The lowest BCUT2D eigenvalue weighted by molar-refractivity contribution is 0.850. The van der Waals surface area contributed by atoms with Crippen molar-refractivity contribution in [3.63, 3.8) is 0 Å². The van der Waals surface area contributed by atoms with Gasteiger partial charge in [0.15, 0.2) is 11.3 Å². The molecule has 0 amide bonds. The van der Waals surface area contributed by atoms with Crippen LogP contribution >= 0.6 is 0 Å². The van der Waals surface area contributed by atoms with Crippen molar-refractivity contribution in [2.75, 3.05) is 0 Å². The maximum Gasteiger partial charge on any atom is 0.277 e. The van der Waals surface area contributed by atoms with Gasteiger partial charge in [0.05, 0.1) is 5.69 Å². The molecule has 0 aliphatic heterocycles. The minimum atomic E-state index is -0.193. The third-order valence-corrected chi connectivity index (χ3v) is 2.77. The van der Waals surface area contributed by atoms with Gasteiger partial charge in [0.1, 0.15) is 5.82 Å². The van der Waals surface area contributed by atoms with Gasteiger partial charge in [-0.15, -0.1) is 5.10 Å². The Labute approximate surface area is 102 Å². The summed E-state index contributed by atoms with van der Waals surface area (Å²) in [4.78, 5) is 23.0. The number of hydrogen-bond acceptors (Lipinski definition) is 4. The topological polar surface area (TPSA) is 75.9 Å². The Morgan fingerprint density at radius 2 is 2.17 bits per heavy atom. The molecule has 6 heteroatoms. The minimum Gasteiger partial charge on any atom is -0.303 e. The molecule has 3 rings (SSSR count). The van der Waals surface area contributed by atoms with E-state index in [-0.39, 0.29) is 5.56 Å². The van der Waals surface area contributed by atoms with E-state index in [1.165, 1.54) is 0 Å². The van der Waals surface area contributed by atoms with E-state index in [0.29, 0.717) is 22.9 Å². The van der Waals surface area contributed by atoms with Crippen LogP contribution in [-0.4, -0.2) is 24.6 Å². The Balaban J connectivity index is 2.35. The summed E-state index contributed by atoms with van der Waals surface area (Å²) in [7, 11) is 0. The number of fused-ring (bicyclic) bond motifs is 1. The molecule has 1 N–H and O–H groups in total. The summed E-state index contributed by atoms with van der Waals surface area (Å²) in [5.74, 6) is 1.18. The fourth-order valence-corrected chi connectivity index (χ4v) is 1.97. The summed E-state index contributed by atoms with van der Waals surface area (Å²) in [6, 6.07) is 3.64. The van der Waals surface area contributed by atoms with Gasteiger partial charge in [-0.05, 0) is 26.0 Å². The van der Waals surface area contributed by atoms with Gasteiger partial charge in [0.2, 0.25) is 0 Å². The molecule has 0 aliphatic rings. The maximum absolute atomic E-state index is 12.0. The monoisotopic (exact) mass is 241 g/mol. The van der Waals surface area contributed by atoms with E-state index in [2.05, 4.69) is 20.1 Å². The Morgan fingerprint density at radius 1 is 1.33 bits per heavy atom. The molecular weight excluding hydrogens is 230 g/mol. The van der Waals surface area contributed by atoms with Crippen molar-refractivity contribution >= 4 is 5.52 Å². The summed E-state index contributed by atoms with van der Waals surface area (Å²) in [6.45, 7) is 3.61. The lowest BCUT2D eigenvalue weighted by atomic mass is 10.3. The van der Waals surface area contributed by atoms with Crippen LogP contribution < -0.4 is 5.56 Å². The van der Waals surface area contributed by atoms with E-state index in [1.807, 2.05) is 13.0 Å². The van der Waals surface area contributed by atoms with Crippen molar-refractivity contribution < 1.29 is 0 Å². The first-order valence-corrected chi connectivity index (χ1v) is 5.53. The van der Waals surface area contributed by atoms with Crippen molar-refractivity contribution in [1.82, 2.24) is 24.6 Å². The first-order chi connectivity index (χ1) is 8.66. The molecule has 0 radical (unpaired) electrons. The van der Waals surface area contributed by atoms with Crippen LogP contribution in [0.4, 0.5) is 0 Å². The summed E-state index contributed by atoms with van der Waals surface area (Å²) >= 11 is 0. The smallest absolute Gasteiger partial charge is 0.277 e. The number of imidazole rings is 1. The van der Waals surface area contributed by atoms with Gasteiger partial charge >= 0.3 is 0 Å². The highest BCUT2D eigenvalue weighted by molar-refractivity contribution is 5.56. The highest BCUT2D eigenvalue weighted by atomic mass is 16.1. The molecule has 0 saturated carbocycles. The number of H-pyrrole nitrogens is 1. The average Bonchev–Trinajstić information content (AvgIpc) is 2.66. The third kappa shape index (κ3) is 1.50. The van der Waals surface area contributed by atoms with Crippen LogP contribution in [0.25, 0.3) is 16.9 Å². The zero-order chi connectivity index (χ0) is 12.7. The molecule has 0 fully saturated rings. The minimum absolute atomic E-state index is 0.193. The molecule has 3 aromatic rings. The van der Waals surface area contributed by atoms with Gasteiger partial charge in [-0.1, -0.05) is 0 Å². The zero-order valence-corrected chi connectivity index (χ0v) is 10.0. The van der Waals surface area contributed by atoms with Crippen LogP contribution in [0.15, 0.2) is 29.3 Å². The molecule has 90 valence electrons. The maximum atomic E-state index is 12.0. The molecule has 6 nitrogen and oxygen atoms in total. The van der Waals surface area contributed by atoms with E-state index >= 15 is 0 Å². The highest BCUT2D eigenvalue weighted by Gasteiger charge is 2.11. The van der Waals surface area contributed by atoms with Gasteiger partial charge in [-0.25, -0.2) is 9.50 Å². The van der Waals surface area contributed by atoms with Gasteiger partial charge in [0, 0.05) is 18.0 Å². The molecule has 3 heterocycles. The molecule has 0 atom stereocenters. The molecule has 0 aromatic carbocycles. The van der Waals surface area contributed by atoms with Crippen molar-refractivity contribution in [3.05, 3.63) is 46.4 Å². The van der Waals surface area contributed by atoms with Gasteiger partial charge in [-0.3, -0.25) is 9.78 Å². The molecular formula is C12H11N5O. The van der Waals surface area contributed by atoms with Crippen LogP contribution in [0.2, 0.25) is 0 Å². The molecule has 0 bridgehead atoms. The number of aryl methyl sites for hydroxylation is 2. The van der Waals surface area contributed by atoms with Crippen molar-refractivity contribution in [2.45, 2.75) is 13.8 Å². The summed E-state index contributed by atoms with van der Waals surface area (Å²) in [5, 5.41) is 4.39. The molecule has 18 heavy (non-hydrogen) atoms. The number of nitrogens with zero attached hydrogens (tertiary/aromatic N) is 4. The number of nitrogens with one attached hydrogen (secondary N) is 1. The normalized spacial score (nSPS) is 11.0. The van der Waals surface area contributed by atoms with Gasteiger partial charge in [-0.2, -0.15) is 0 Å².